The fourth-order valence-electron chi connectivity index (χ4n) is 1.35. The number of carbonyl (C=O) groups is 1. The number of hydrogen-bond donors (Lipinski definition) is 2. The largest absolute Gasteiger partial charge is 0.411 e. The standard InChI is InChI=1S/C8H12N2O3/c11-8-6(9-12)4-2-1-3-5-7(8)10-13/h12-13H,1-5H2/b9-6-,10-7-. The first-order valence-corrected chi connectivity index (χ1v) is 4.26. The summed E-state index contributed by atoms with van der Waals surface area (Å²) < 4.78 is 0. The van der Waals surface area contributed by atoms with E-state index in [1.165, 1.54) is 0 Å². The number of oxime groups is 2. The highest BCUT2D eigenvalue weighted by Gasteiger charge is 2.21. The Labute approximate surface area is 75.7 Å². The third-order valence-corrected chi connectivity index (χ3v) is 2.09. The molecular weight excluding hydrogens is 172 g/mol. The van der Waals surface area contributed by atoms with Crippen molar-refractivity contribution >= 4 is 17.2 Å². The Morgan fingerprint density at radius 3 is 1.77 bits per heavy atom. The third-order valence-electron chi connectivity index (χ3n) is 2.09. The first-order chi connectivity index (χ1) is 6.29. The lowest BCUT2D eigenvalue weighted by molar-refractivity contribution is -0.107. The summed E-state index contributed by atoms with van der Waals surface area (Å²) in [6.07, 6.45) is 3.53. The van der Waals surface area contributed by atoms with E-state index in [1.807, 2.05) is 0 Å². The second-order valence-electron chi connectivity index (χ2n) is 2.98. The second kappa shape index (κ2) is 4.59. The molecule has 0 aromatic carbocycles. The van der Waals surface area contributed by atoms with Gasteiger partial charge in [0.2, 0.25) is 5.78 Å². The van der Waals surface area contributed by atoms with Crippen LogP contribution in [0, 0.1) is 0 Å². The maximum Gasteiger partial charge on any atom is 0.228 e. The van der Waals surface area contributed by atoms with Gasteiger partial charge in [-0.25, -0.2) is 0 Å². The fraction of sp³-hybridized carbons (Fsp3) is 0.625. The topological polar surface area (TPSA) is 82.2 Å². The number of nitrogens with zero attached hydrogens (tertiary/aromatic N) is 2. The molecular formula is C8H12N2O3. The first-order valence-electron chi connectivity index (χ1n) is 4.26. The smallest absolute Gasteiger partial charge is 0.228 e. The molecule has 72 valence electrons. The van der Waals surface area contributed by atoms with E-state index < -0.39 is 5.78 Å². The Hall–Kier alpha value is -1.39. The van der Waals surface area contributed by atoms with Crippen LogP contribution in [0.4, 0.5) is 0 Å². The highest BCUT2D eigenvalue weighted by molar-refractivity contribution is 6.66. The molecule has 0 aromatic heterocycles. The summed E-state index contributed by atoms with van der Waals surface area (Å²) in [6.45, 7) is 0. The van der Waals surface area contributed by atoms with Crippen LogP contribution in [0.25, 0.3) is 0 Å². The third kappa shape index (κ3) is 2.27. The zero-order valence-electron chi connectivity index (χ0n) is 7.23. The van der Waals surface area contributed by atoms with E-state index in [9.17, 15) is 4.79 Å². The second-order valence-corrected chi connectivity index (χ2v) is 2.98. The molecule has 2 N–H and O–H groups in total. The van der Waals surface area contributed by atoms with Crippen LogP contribution in [-0.2, 0) is 4.79 Å². The summed E-state index contributed by atoms with van der Waals surface area (Å²) in [5.41, 5.74) is 0.181. The molecule has 0 radical (unpaired) electrons. The highest BCUT2D eigenvalue weighted by atomic mass is 16.4. The monoisotopic (exact) mass is 184 g/mol. The normalized spacial score (nSPS) is 26.0. The summed E-state index contributed by atoms with van der Waals surface area (Å²) in [5, 5.41) is 22.9. The van der Waals surface area contributed by atoms with Crippen molar-refractivity contribution in [2.24, 2.45) is 10.3 Å². The minimum Gasteiger partial charge on any atom is -0.411 e. The molecule has 1 rings (SSSR count). The van der Waals surface area contributed by atoms with Crippen molar-refractivity contribution in [3.05, 3.63) is 0 Å². The Kier molecular flexibility index (Phi) is 3.42. The Balaban J connectivity index is 2.82. The van der Waals surface area contributed by atoms with Crippen LogP contribution in [0.2, 0.25) is 0 Å². The Morgan fingerprint density at radius 2 is 1.38 bits per heavy atom. The van der Waals surface area contributed by atoms with Crippen LogP contribution >= 0.6 is 0 Å². The van der Waals surface area contributed by atoms with Gasteiger partial charge < -0.3 is 10.4 Å². The minimum atomic E-state index is -0.440. The van der Waals surface area contributed by atoms with Gasteiger partial charge in [0.15, 0.2) is 0 Å². The van der Waals surface area contributed by atoms with Crippen molar-refractivity contribution in [2.75, 3.05) is 0 Å². The zero-order chi connectivity index (χ0) is 9.68. The zero-order valence-corrected chi connectivity index (χ0v) is 7.23. The molecule has 0 heterocycles. The minimum absolute atomic E-state index is 0.0903. The van der Waals surface area contributed by atoms with Gasteiger partial charge in [-0.1, -0.05) is 16.7 Å². The van der Waals surface area contributed by atoms with Crippen molar-refractivity contribution in [3.8, 4) is 0 Å². The van der Waals surface area contributed by atoms with E-state index >= 15 is 0 Å². The van der Waals surface area contributed by atoms with Gasteiger partial charge in [-0.3, -0.25) is 4.79 Å². The van der Waals surface area contributed by atoms with E-state index in [0.717, 1.165) is 19.3 Å². The van der Waals surface area contributed by atoms with Crippen LogP contribution in [0.1, 0.15) is 32.1 Å². The predicted molar refractivity (Wildman–Crippen MR) is 46.5 cm³/mol. The van der Waals surface area contributed by atoms with Gasteiger partial charge in [-0.05, 0) is 25.7 Å². The highest BCUT2D eigenvalue weighted by Crippen LogP contribution is 2.11. The van der Waals surface area contributed by atoms with E-state index in [4.69, 9.17) is 10.4 Å². The lowest BCUT2D eigenvalue weighted by Crippen LogP contribution is -2.25. The summed E-state index contributed by atoms with van der Waals surface area (Å²) in [5.74, 6) is -0.440. The van der Waals surface area contributed by atoms with Crippen LogP contribution in [0.3, 0.4) is 0 Å². The van der Waals surface area contributed by atoms with Crippen molar-refractivity contribution in [3.63, 3.8) is 0 Å². The van der Waals surface area contributed by atoms with E-state index in [0.29, 0.717) is 12.8 Å². The van der Waals surface area contributed by atoms with Gasteiger partial charge in [0.25, 0.3) is 0 Å². The Bertz CT molecular complexity index is 234. The van der Waals surface area contributed by atoms with Gasteiger partial charge in [0, 0.05) is 0 Å². The van der Waals surface area contributed by atoms with Gasteiger partial charge in [-0.15, -0.1) is 0 Å². The number of ketones is 1. The van der Waals surface area contributed by atoms with E-state index in [1.54, 1.807) is 0 Å². The molecule has 5 nitrogen and oxygen atoms in total. The molecule has 0 atom stereocenters. The number of Topliss-reactive ketones (excluding diaryl/α,β-unsaturated/α-hetero) is 1. The molecule has 0 unspecified atom stereocenters. The van der Waals surface area contributed by atoms with Crippen molar-refractivity contribution < 1.29 is 15.2 Å². The van der Waals surface area contributed by atoms with Crippen LogP contribution in [0.5, 0.6) is 0 Å². The summed E-state index contributed by atoms with van der Waals surface area (Å²) in [4.78, 5) is 11.4. The Morgan fingerprint density at radius 1 is 0.923 bits per heavy atom. The van der Waals surface area contributed by atoms with Crippen molar-refractivity contribution in [2.45, 2.75) is 32.1 Å². The van der Waals surface area contributed by atoms with Crippen LogP contribution in [0.15, 0.2) is 10.3 Å². The molecule has 0 bridgehead atoms. The van der Waals surface area contributed by atoms with Crippen molar-refractivity contribution in [1.29, 1.82) is 0 Å². The molecule has 0 aliphatic heterocycles. The predicted octanol–water partition coefficient (Wildman–Crippen LogP) is 1.18. The van der Waals surface area contributed by atoms with Gasteiger partial charge in [0.05, 0.1) is 0 Å². The maximum absolute atomic E-state index is 11.4. The molecule has 5 heteroatoms. The fourth-order valence-corrected chi connectivity index (χ4v) is 1.35. The van der Waals surface area contributed by atoms with E-state index in [-0.39, 0.29) is 11.4 Å². The average molecular weight is 184 g/mol. The summed E-state index contributed by atoms with van der Waals surface area (Å²) in [6, 6.07) is 0. The van der Waals surface area contributed by atoms with Gasteiger partial charge in [0.1, 0.15) is 11.4 Å². The summed E-state index contributed by atoms with van der Waals surface area (Å²) >= 11 is 0. The molecule has 0 aromatic rings. The number of rotatable bonds is 0. The molecule has 1 saturated carbocycles. The molecule has 13 heavy (non-hydrogen) atoms. The maximum atomic E-state index is 11.4. The summed E-state index contributed by atoms with van der Waals surface area (Å²) in [7, 11) is 0. The lowest BCUT2D eigenvalue weighted by Gasteiger charge is -2.09. The molecule has 1 aliphatic carbocycles. The van der Waals surface area contributed by atoms with Crippen LogP contribution in [-0.4, -0.2) is 27.6 Å². The lowest BCUT2D eigenvalue weighted by atomic mass is 9.97. The molecule has 0 amide bonds. The molecule has 1 aliphatic rings. The number of hydrogen-bond acceptors (Lipinski definition) is 5. The molecule has 1 fully saturated rings. The molecule has 0 saturated heterocycles. The van der Waals surface area contributed by atoms with E-state index in [2.05, 4.69) is 10.3 Å². The SMILES string of the molecule is O=C1/C(=N\O)CCCCC/C1=N/O. The number of carbonyl (C=O) groups excluding carboxylic acids is 1. The molecule has 0 spiro atoms. The quantitative estimate of drug-likeness (QED) is 0.438. The van der Waals surface area contributed by atoms with Crippen LogP contribution < -0.4 is 0 Å². The average Bonchev–Trinajstić information content (AvgIpc) is 2.13. The van der Waals surface area contributed by atoms with Gasteiger partial charge in [-0.2, -0.15) is 0 Å². The van der Waals surface area contributed by atoms with Crippen molar-refractivity contribution in [1.82, 2.24) is 0 Å². The first kappa shape index (κ1) is 9.70. The van der Waals surface area contributed by atoms with Gasteiger partial charge >= 0.3 is 0 Å².